The lowest BCUT2D eigenvalue weighted by molar-refractivity contribution is 0.150. The van der Waals surface area contributed by atoms with Crippen molar-refractivity contribution in [1.29, 1.82) is 0 Å². The topological polar surface area (TPSA) is 135 Å². The van der Waals surface area contributed by atoms with Crippen molar-refractivity contribution in [2.45, 2.75) is 19.6 Å². The number of pyridine rings is 2. The number of alkyl halides is 2. The Bertz CT molecular complexity index is 1370. The summed E-state index contributed by atoms with van der Waals surface area (Å²) in [7, 11) is 1.73. The third kappa shape index (κ3) is 4.46. The number of ether oxygens (including phenoxy) is 1. The van der Waals surface area contributed by atoms with Crippen LogP contribution in [0.15, 0.2) is 53.7 Å². The molecule has 34 heavy (non-hydrogen) atoms. The third-order valence-corrected chi connectivity index (χ3v) is 4.88. The fourth-order valence-corrected chi connectivity index (χ4v) is 3.09. The molecule has 0 radical (unpaired) electrons. The van der Waals surface area contributed by atoms with Gasteiger partial charge in [0.05, 0.1) is 24.0 Å². The Balaban J connectivity index is 1.30. The molecule has 0 aliphatic rings. The second-order valence-corrected chi connectivity index (χ2v) is 7.13. The highest BCUT2D eigenvalue weighted by molar-refractivity contribution is 5.59. The van der Waals surface area contributed by atoms with E-state index in [-0.39, 0.29) is 23.9 Å². The van der Waals surface area contributed by atoms with Crippen LogP contribution in [0.5, 0.6) is 5.88 Å². The van der Waals surface area contributed by atoms with Gasteiger partial charge in [-0.15, -0.1) is 5.10 Å². The molecule has 0 aliphatic heterocycles. The van der Waals surface area contributed by atoms with Crippen LogP contribution in [-0.4, -0.2) is 50.1 Å². The highest BCUT2D eigenvalue weighted by atomic mass is 19.3. The van der Waals surface area contributed by atoms with Crippen LogP contribution in [-0.2, 0) is 20.2 Å². The normalized spacial score (nSPS) is 11.3. The highest BCUT2D eigenvalue weighted by Crippen LogP contribution is 2.26. The van der Waals surface area contributed by atoms with E-state index in [1.54, 1.807) is 34.9 Å². The standard InChI is InChI=1S/C20H16F2N10O2/c1-31-16(10-33-17-5-3-13(7-24-17)18(21)22)14(8-26-31)20-27-19(28-34-20)15-4-2-12(6-23-15)9-32-11-25-29-30-32/h2-8,11,18H,9-10H2,1H3. The first-order chi connectivity index (χ1) is 16.6. The summed E-state index contributed by atoms with van der Waals surface area (Å²) in [5, 5.41) is 19.3. The van der Waals surface area contributed by atoms with Crippen LogP contribution in [0, 0.1) is 0 Å². The summed E-state index contributed by atoms with van der Waals surface area (Å²) in [6, 6.07) is 6.30. The van der Waals surface area contributed by atoms with Gasteiger partial charge in [0.1, 0.15) is 18.6 Å². The second-order valence-electron chi connectivity index (χ2n) is 7.13. The van der Waals surface area contributed by atoms with Crippen molar-refractivity contribution < 1.29 is 18.0 Å². The Labute approximate surface area is 190 Å². The van der Waals surface area contributed by atoms with Gasteiger partial charge in [0.25, 0.3) is 12.3 Å². The highest BCUT2D eigenvalue weighted by Gasteiger charge is 2.19. The van der Waals surface area contributed by atoms with Crippen LogP contribution < -0.4 is 4.74 Å². The molecule has 0 aromatic carbocycles. The molecular formula is C20H16F2N10O2. The van der Waals surface area contributed by atoms with E-state index in [2.05, 4.69) is 40.7 Å². The molecule has 5 rings (SSSR count). The first kappa shape index (κ1) is 21.2. The summed E-state index contributed by atoms with van der Waals surface area (Å²) in [6.45, 7) is 0.547. The number of hydrogen-bond donors (Lipinski definition) is 0. The molecule has 0 unspecified atom stereocenters. The predicted octanol–water partition coefficient (Wildman–Crippen LogP) is 2.48. The van der Waals surface area contributed by atoms with Gasteiger partial charge in [-0.3, -0.25) is 9.67 Å². The van der Waals surface area contributed by atoms with Crippen LogP contribution in [0.1, 0.15) is 23.2 Å². The van der Waals surface area contributed by atoms with Gasteiger partial charge in [0.2, 0.25) is 11.7 Å². The lowest BCUT2D eigenvalue weighted by atomic mass is 10.2. The van der Waals surface area contributed by atoms with Gasteiger partial charge in [0.15, 0.2) is 0 Å². The van der Waals surface area contributed by atoms with E-state index in [0.29, 0.717) is 29.3 Å². The third-order valence-electron chi connectivity index (χ3n) is 4.88. The van der Waals surface area contributed by atoms with E-state index in [9.17, 15) is 8.78 Å². The van der Waals surface area contributed by atoms with Crippen molar-refractivity contribution in [3.8, 4) is 28.9 Å². The van der Waals surface area contributed by atoms with Crippen LogP contribution in [0.2, 0.25) is 0 Å². The van der Waals surface area contributed by atoms with E-state index in [1.165, 1.54) is 18.5 Å². The summed E-state index contributed by atoms with van der Waals surface area (Å²) in [5.41, 5.74) is 2.46. The molecule has 0 amide bonds. The van der Waals surface area contributed by atoms with Gasteiger partial charge in [-0.2, -0.15) is 10.1 Å². The fraction of sp³-hybridized carbons (Fsp3) is 0.200. The number of hydrogen-bond acceptors (Lipinski definition) is 10. The molecule has 172 valence electrons. The molecule has 5 aromatic heterocycles. The first-order valence-corrected chi connectivity index (χ1v) is 9.95. The smallest absolute Gasteiger partial charge is 0.265 e. The maximum Gasteiger partial charge on any atom is 0.265 e. The minimum atomic E-state index is -2.59. The molecule has 0 spiro atoms. The number of halogens is 2. The molecule has 14 heteroatoms. The Morgan fingerprint density at radius 3 is 2.71 bits per heavy atom. The molecule has 0 aliphatic carbocycles. The summed E-state index contributed by atoms with van der Waals surface area (Å²) in [4.78, 5) is 12.7. The summed E-state index contributed by atoms with van der Waals surface area (Å²) in [6.07, 6.45) is 3.27. The van der Waals surface area contributed by atoms with E-state index in [4.69, 9.17) is 9.26 Å². The Kier molecular flexibility index (Phi) is 5.68. The van der Waals surface area contributed by atoms with E-state index in [0.717, 1.165) is 11.8 Å². The number of rotatable bonds is 8. The molecule has 0 saturated heterocycles. The average molecular weight is 466 g/mol. The van der Waals surface area contributed by atoms with Gasteiger partial charge in [0, 0.05) is 31.1 Å². The number of aryl methyl sites for hydroxylation is 1. The maximum atomic E-state index is 12.7. The molecular weight excluding hydrogens is 450 g/mol. The zero-order chi connectivity index (χ0) is 23.5. The molecule has 5 aromatic rings. The average Bonchev–Trinajstić information content (AvgIpc) is 3.60. The largest absolute Gasteiger partial charge is 0.471 e. The van der Waals surface area contributed by atoms with Crippen molar-refractivity contribution in [2.75, 3.05) is 0 Å². The molecule has 12 nitrogen and oxygen atoms in total. The molecule has 0 N–H and O–H groups in total. The predicted molar refractivity (Wildman–Crippen MR) is 110 cm³/mol. The fourth-order valence-electron chi connectivity index (χ4n) is 3.09. The van der Waals surface area contributed by atoms with Crippen molar-refractivity contribution in [3.63, 3.8) is 0 Å². The number of nitrogens with zero attached hydrogens (tertiary/aromatic N) is 10. The first-order valence-electron chi connectivity index (χ1n) is 9.95. The minimum absolute atomic E-state index is 0.0641. The summed E-state index contributed by atoms with van der Waals surface area (Å²) >= 11 is 0. The van der Waals surface area contributed by atoms with E-state index >= 15 is 0 Å². The van der Waals surface area contributed by atoms with Crippen LogP contribution in [0.4, 0.5) is 8.78 Å². The lowest BCUT2D eigenvalue weighted by Gasteiger charge is -2.07. The van der Waals surface area contributed by atoms with E-state index in [1.807, 2.05) is 6.07 Å². The Morgan fingerprint density at radius 2 is 2.00 bits per heavy atom. The second kappa shape index (κ2) is 9.09. The molecule has 0 bridgehead atoms. The summed E-state index contributed by atoms with van der Waals surface area (Å²) in [5.74, 6) is 0.750. The quantitative estimate of drug-likeness (QED) is 0.335. The Hall–Kier alpha value is -4.62. The molecule has 0 fully saturated rings. The minimum Gasteiger partial charge on any atom is -0.471 e. The maximum absolute atomic E-state index is 12.7. The lowest BCUT2D eigenvalue weighted by Crippen LogP contribution is -2.05. The van der Waals surface area contributed by atoms with Gasteiger partial charge in [-0.25, -0.2) is 18.4 Å². The molecule has 0 saturated carbocycles. The molecule has 0 atom stereocenters. The monoisotopic (exact) mass is 466 g/mol. The molecule has 5 heterocycles. The van der Waals surface area contributed by atoms with Crippen LogP contribution in [0.25, 0.3) is 23.0 Å². The van der Waals surface area contributed by atoms with Gasteiger partial charge in [-0.05, 0) is 28.1 Å². The van der Waals surface area contributed by atoms with Crippen molar-refractivity contribution in [1.82, 2.24) is 50.1 Å². The van der Waals surface area contributed by atoms with E-state index < -0.39 is 6.43 Å². The number of aromatic nitrogens is 10. The zero-order valence-electron chi connectivity index (χ0n) is 17.7. The van der Waals surface area contributed by atoms with Crippen LogP contribution in [0.3, 0.4) is 0 Å². The van der Waals surface area contributed by atoms with Gasteiger partial charge < -0.3 is 9.26 Å². The van der Waals surface area contributed by atoms with Crippen LogP contribution >= 0.6 is 0 Å². The van der Waals surface area contributed by atoms with Gasteiger partial charge >= 0.3 is 0 Å². The number of tetrazole rings is 1. The van der Waals surface area contributed by atoms with Crippen molar-refractivity contribution in [2.24, 2.45) is 7.05 Å². The zero-order valence-corrected chi connectivity index (χ0v) is 17.7. The van der Waals surface area contributed by atoms with Crippen molar-refractivity contribution >= 4 is 0 Å². The Morgan fingerprint density at radius 1 is 1.09 bits per heavy atom. The van der Waals surface area contributed by atoms with Crippen molar-refractivity contribution in [3.05, 3.63) is 66.0 Å². The SMILES string of the molecule is Cn1ncc(-c2nc(-c3ccc(Cn4cnnn4)cn3)no2)c1COc1ccc(C(F)F)cn1. The summed E-state index contributed by atoms with van der Waals surface area (Å²) < 4.78 is 39.6. The van der Waals surface area contributed by atoms with Gasteiger partial charge in [-0.1, -0.05) is 11.2 Å².